The van der Waals surface area contributed by atoms with E-state index in [-0.39, 0.29) is 0 Å². The first-order valence-electron chi connectivity index (χ1n) is 7.35. The van der Waals surface area contributed by atoms with Crippen molar-refractivity contribution in [3.63, 3.8) is 0 Å². The van der Waals surface area contributed by atoms with Gasteiger partial charge in [-0.25, -0.2) is 9.97 Å². The van der Waals surface area contributed by atoms with Crippen molar-refractivity contribution in [3.8, 4) is 0 Å². The molecule has 1 aromatic heterocycles. The number of nitrogens with zero attached hydrogens (tertiary/aromatic N) is 2. The van der Waals surface area contributed by atoms with Crippen molar-refractivity contribution in [1.29, 1.82) is 0 Å². The molecular formula is C15H23N3. The van der Waals surface area contributed by atoms with E-state index in [1.54, 1.807) is 0 Å². The molecule has 2 aliphatic carbocycles. The van der Waals surface area contributed by atoms with Gasteiger partial charge in [0.15, 0.2) is 0 Å². The van der Waals surface area contributed by atoms with Gasteiger partial charge in [0.25, 0.3) is 0 Å². The first-order valence-corrected chi connectivity index (χ1v) is 7.35. The SMILES string of the molecule is CNc1nc(C2CCCC(C)C2)nc2c1CCC2. The Bertz CT molecular complexity index is 442. The van der Waals surface area contributed by atoms with Crippen LogP contribution in [0.25, 0.3) is 0 Å². The molecule has 0 radical (unpaired) electrons. The van der Waals surface area contributed by atoms with Crippen molar-refractivity contribution >= 4 is 5.82 Å². The van der Waals surface area contributed by atoms with Crippen molar-refractivity contribution in [2.45, 2.75) is 57.8 Å². The minimum atomic E-state index is 0.590. The molecule has 18 heavy (non-hydrogen) atoms. The highest BCUT2D eigenvalue weighted by Gasteiger charge is 2.26. The second kappa shape index (κ2) is 4.87. The van der Waals surface area contributed by atoms with Gasteiger partial charge in [-0.1, -0.05) is 19.8 Å². The highest BCUT2D eigenvalue weighted by Crippen LogP contribution is 2.36. The largest absolute Gasteiger partial charge is 0.373 e. The molecular weight excluding hydrogens is 222 g/mol. The summed E-state index contributed by atoms with van der Waals surface area (Å²) in [6.07, 6.45) is 8.77. The minimum absolute atomic E-state index is 0.590. The maximum Gasteiger partial charge on any atom is 0.134 e. The molecule has 0 aliphatic heterocycles. The fourth-order valence-corrected chi connectivity index (χ4v) is 3.51. The first-order chi connectivity index (χ1) is 8.78. The lowest BCUT2D eigenvalue weighted by Crippen LogP contribution is -2.16. The number of rotatable bonds is 2. The van der Waals surface area contributed by atoms with Gasteiger partial charge in [0.2, 0.25) is 0 Å². The van der Waals surface area contributed by atoms with Gasteiger partial charge < -0.3 is 5.32 Å². The van der Waals surface area contributed by atoms with Crippen LogP contribution in [0.1, 0.15) is 62.0 Å². The van der Waals surface area contributed by atoms with Crippen LogP contribution in [0, 0.1) is 5.92 Å². The molecule has 98 valence electrons. The molecule has 0 bridgehead atoms. The highest BCUT2D eigenvalue weighted by molar-refractivity contribution is 5.48. The van der Waals surface area contributed by atoms with Crippen molar-refractivity contribution in [1.82, 2.24) is 9.97 Å². The zero-order chi connectivity index (χ0) is 12.5. The standard InChI is InChI=1S/C15H23N3/c1-10-5-3-6-11(9-10)14-17-13-8-4-7-12(13)15(16-2)18-14/h10-11H,3-9H2,1-2H3,(H,16,17,18). The molecule has 3 heteroatoms. The smallest absolute Gasteiger partial charge is 0.134 e. The van der Waals surface area contributed by atoms with Crippen LogP contribution in [0.15, 0.2) is 0 Å². The quantitative estimate of drug-likeness (QED) is 0.868. The predicted octanol–water partition coefficient (Wildman–Crippen LogP) is 3.30. The number of nitrogens with one attached hydrogen (secondary N) is 1. The monoisotopic (exact) mass is 245 g/mol. The van der Waals surface area contributed by atoms with E-state index in [9.17, 15) is 0 Å². The van der Waals surface area contributed by atoms with Gasteiger partial charge in [-0.3, -0.25) is 0 Å². The lowest BCUT2D eigenvalue weighted by molar-refractivity contribution is 0.335. The molecule has 2 unspecified atom stereocenters. The maximum atomic E-state index is 4.87. The number of hydrogen-bond donors (Lipinski definition) is 1. The third-order valence-electron chi connectivity index (χ3n) is 4.49. The van der Waals surface area contributed by atoms with Crippen LogP contribution in [0.2, 0.25) is 0 Å². The molecule has 3 nitrogen and oxygen atoms in total. The summed E-state index contributed by atoms with van der Waals surface area (Å²) >= 11 is 0. The number of hydrogen-bond acceptors (Lipinski definition) is 3. The maximum absolute atomic E-state index is 4.87. The van der Waals surface area contributed by atoms with Gasteiger partial charge >= 0.3 is 0 Å². The Kier molecular flexibility index (Phi) is 3.23. The number of anilines is 1. The summed E-state index contributed by atoms with van der Waals surface area (Å²) in [7, 11) is 1.98. The Morgan fingerprint density at radius 3 is 2.78 bits per heavy atom. The van der Waals surface area contributed by atoms with E-state index < -0.39 is 0 Å². The van der Waals surface area contributed by atoms with E-state index in [1.807, 2.05) is 7.05 Å². The fraction of sp³-hybridized carbons (Fsp3) is 0.733. The molecule has 0 amide bonds. The topological polar surface area (TPSA) is 37.8 Å². The van der Waals surface area contributed by atoms with E-state index in [2.05, 4.69) is 12.2 Å². The predicted molar refractivity (Wildman–Crippen MR) is 74.0 cm³/mol. The van der Waals surface area contributed by atoms with Crippen LogP contribution < -0.4 is 5.32 Å². The van der Waals surface area contributed by atoms with Crippen molar-refractivity contribution in [2.75, 3.05) is 12.4 Å². The van der Waals surface area contributed by atoms with Crippen LogP contribution in [0.3, 0.4) is 0 Å². The average Bonchev–Trinajstić information content (AvgIpc) is 2.85. The molecule has 2 aliphatic rings. The second-order valence-electron chi connectivity index (χ2n) is 5.93. The number of fused-ring (bicyclic) bond motifs is 1. The third-order valence-corrected chi connectivity index (χ3v) is 4.49. The van der Waals surface area contributed by atoms with Crippen molar-refractivity contribution in [2.24, 2.45) is 5.92 Å². The normalized spacial score (nSPS) is 27.0. The summed E-state index contributed by atoms with van der Waals surface area (Å²) in [5.41, 5.74) is 2.67. The molecule has 1 saturated carbocycles. The van der Waals surface area contributed by atoms with Crippen LogP contribution in [0.5, 0.6) is 0 Å². The Morgan fingerprint density at radius 1 is 1.11 bits per heavy atom. The Balaban J connectivity index is 1.92. The highest BCUT2D eigenvalue weighted by atomic mass is 15.0. The van der Waals surface area contributed by atoms with Crippen molar-refractivity contribution in [3.05, 3.63) is 17.1 Å². The van der Waals surface area contributed by atoms with Crippen molar-refractivity contribution < 1.29 is 0 Å². The molecule has 1 N–H and O–H groups in total. The van der Waals surface area contributed by atoms with Crippen LogP contribution >= 0.6 is 0 Å². The number of aryl methyl sites for hydroxylation is 1. The van der Waals surface area contributed by atoms with Gasteiger partial charge in [0.1, 0.15) is 11.6 Å². The molecule has 0 aromatic carbocycles. The van der Waals surface area contributed by atoms with E-state index >= 15 is 0 Å². The molecule has 2 atom stereocenters. The van der Waals surface area contributed by atoms with E-state index in [0.717, 1.165) is 30.4 Å². The summed E-state index contributed by atoms with van der Waals surface area (Å²) in [6, 6.07) is 0. The lowest BCUT2D eigenvalue weighted by Gasteiger charge is -2.26. The molecule has 3 rings (SSSR count). The zero-order valence-electron chi connectivity index (χ0n) is 11.5. The van der Waals surface area contributed by atoms with Crippen LogP contribution in [-0.2, 0) is 12.8 Å². The van der Waals surface area contributed by atoms with Gasteiger partial charge in [0.05, 0.1) is 0 Å². The zero-order valence-corrected chi connectivity index (χ0v) is 11.5. The summed E-state index contributed by atoms with van der Waals surface area (Å²) in [5.74, 6) is 3.61. The molecule has 1 aromatic rings. The van der Waals surface area contributed by atoms with E-state index in [4.69, 9.17) is 9.97 Å². The van der Waals surface area contributed by atoms with Crippen LogP contribution in [-0.4, -0.2) is 17.0 Å². The summed E-state index contributed by atoms with van der Waals surface area (Å²) in [4.78, 5) is 9.67. The van der Waals surface area contributed by atoms with E-state index in [1.165, 1.54) is 43.4 Å². The van der Waals surface area contributed by atoms with Gasteiger partial charge in [0, 0.05) is 24.2 Å². The number of aromatic nitrogens is 2. The van der Waals surface area contributed by atoms with Gasteiger partial charge in [-0.15, -0.1) is 0 Å². The minimum Gasteiger partial charge on any atom is -0.373 e. The van der Waals surface area contributed by atoms with Gasteiger partial charge in [-0.05, 0) is 38.0 Å². The molecule has 1 fully saturated rings. The first kappa shape index (κ1) is 11.9. The Morgan fingerprint density at radius 2 is 2.00 bits per heavy atom. The molecule has 1 heterocycles. The molecule has 0 saturated heterocycles. The Hall–Kier alpha value is -1.12. The van der Waals surface area contributed by atoms with Crippen LogP contribution in [0.4, 0.5) is 5.82 Å². The Labute approximate surface area is 109 Å². The summed E-state index contributed by atoms with van der Waals surface area (Å²) in [5, 5.41) is 3.27. The summed E-state index contributed by atoms with van der Waals surface area (Å²) < 4.78 is 0. The second-order valence-corrected chi connectivity index (χ2v) is 5.93. The van der Waals surface area contributed by atoms with Gasteiger partial charge in [-0.2, -0.15) is 0 Å². The lowest BCUT2D eigenvalue weighted by atomic mass is 9.82. The average molecular weight is 245 g/mol. The summed E-state index contributed by atoms with van der Waals surface area (Å²) in [6.45, 7) is 2.36. The van der Waals surface area contributed by atoms with E-state index in [0.29, 0.717) is 5.92 Å². The third kappa shape index (κ3) is 2.11. The molecule has 0 spiro atoms. The fourth-order valence-electron chi connectivity index (χ4n) is 3.51.